The summed E-state index contributed by atoms with van der Waals surface area (Å²) in [6, 6.07) is 6.09. The number of benzene rings is 2. The average Bonchev–Trinajstić information content (AvgIpc) is 3.41. The summed E-state index contributed by atoms with van der Waals surface area (Å²) in [5, 5.41) is 16.0. The third-order valence-electron chi connectivity index (χ3n) is 8.83. The number of ether oxygens (including phenoxy) is 2. The molecule has 2 aromatic carbocycles. The Morgan fingerprint density at radius 3 is 2.50 bits per heavy atom. The molecule has 44 heavy (non-hydrogen) atoms. The molecular weight excluding hydrogens is 600 g/mol. The quantitative estimate of drug-likeness (QED) is 0.455. The third kappa shape index (κ3) is 6.05. The van der Waals surface area contributed by atoms with Gasteiger partial charge in [0, 0.05) is 68.9 Å². The van der Waals surface area contributed by atoms with Gasteiger partial charge in [-0.05, 0) is 37.1 Å². The van der Waals surface area contributed by atoms with Crippen LogP contribution < -0.4 is 20.3 Å². The van der Waals surface area contributed by atoms with Crippen molar-refractivity contribution in [3.63, 3.8) is 0 Å². The molecule has 238 valence electrons. The van der Waals surface area contributed by atoms with Gasteiger partial charge in [-0.1, -0.05) is 0 Å². The number of nitrogens with zero attached hydrogens (tertiary/aromatic N) is 3. The summed E-state index contributed by atoms with van der Waals surface area (Å²) >= 11 is 0. The minimum absolute atomic E-state index is 0.0546. The zero-order valence-electron chi connectivity index (χ0n) is 24.0. The molecule has 3 N–H and O–H groups in total. The maximum absolute atomic E-state index is 14.1. The highest BCUT2D eigenvalue weighted by Gasteiger charge is 2.47. The van der Waals surface area contributed by atoms with Crippen LogP contribution in [0.3, 0.4) is 0 Å². The topological polar surface area (TPSA) is 141 Å². The molecule has 6 rings (SSSR count). The number of carbonyl (C=O) groups excluding carboxylic acids is 2. The molecule has 15 heteroatoms. The number of hydrogen-bond donors (Lipinski definition) is 3. The SMILES string of the molecule is O=C1NC2(CCOc3cc(N4CCOCC4)ccc3S(=O)(=O)N3C[C@H](O)C[C@@H]13)CCN(C(=O)Nc1ccc(F)cc1F)CC2. The van der Waals surface area contributed by atoms with E-state index in [0.29, 0.717) is 51.6 Å². The molecule has 4 heterocycles. The lowest BCUT2D eigenvalue weighted by molar-refractivity contribution is -0.127. The lowest BCUT2D eigenvalue weighted by Gasteiger charge is -2.43. The maximum Gasteiger partial charge on any atom is 0.321 e. The predicted octanol–water partition coefficient (Wildman–Crippen LogP) is 1.89. The Kier molecular flexibility index (Phi) is 8.39. The van der Waals surface area contributed by atoms with Crippen molar-refractivity contribution < 1.29 is 41.4 Å². The summed E-state index contributed by atoms with van der Waals surface area (Å²) < 4.78 is 67.9. The monoisotopic (exact) mass is 635 g/mol. The van der Waals surface area contributed by atoms with Gasteiger partial charge < -0.3 is 35.0 Å². The van der Waals surface area contributed by atoms with Crippen molar-refractivity contribution in [3.05, 3.63) is 48.0 Å². The summed E-state index contributed by atoms with van der Waals surface area (Å²) in [6.45, 7) is 2.67. The Morgan fingerprint density at radius 2 is 1.77 bits per heavy atom. The molecule has 2 atom stereocenters. The number of halogens is 2. The molecule has 0 aliphatic carbocycles. The number of nitrogens with one attached hydrogen (secondary N) is 2. The Hall–Kier alpha value is -3.53. The minimum atomic E-state index is -4.22. The normalized spacial score (nSPS) is 25.3. The molecule has 2 aromatic rings. The highest BCUT2D eigenvalue weighted by atomic mass is 32.2. The molecule has 0 aromatic heterocycles. The van der Waals surface area contributed by atoms with Gasteiger partial charge in [-0.2, -0.15) is 4.31 Å². The second kappa shape index (κ2) is 12.1. The Morgan fingerprint density at radius 1 is 1.02 bits per heavy atom. The van der Waals surface area contributed by atoms with Crippen LogP contribution in [0.25, 0.3) is 0 Å². The Labute approximate surface area is 253 Å². The lowest BCUT2D eigenvalue weighted by atomic mass is 9.84. The fourth-order valence-corrected chi connectivity index (χ4v) is 8.07. The third-order valence-corrected chi connectivity index (χ3v) is 10.7. The van der Waals surface area contributed by atoms with E-state index in [9.17, 15) is 31.9 Å². The molecule has 3 amide bonds. The van der Waals surface area contributed by atoms with E-state index >= 15 is 0 Å². The van der Waals surface area contributed by atoms with Crippen molar-refractivity contribution in [2.75, 3.05) is 62.8 Å². The fraction of sp³-hybridized carbons (Fsp3) is 0.517. The summed E-state index contributed by atoms with van der Waals surface area (Å²) in [5.74, 6) is -2.01. The van der Waals surface area contributed by atoms with Crippen LogP contribution in [0.5, 0.6) is 5.75 Å². The summed E-state index contributed by atoms with van der Waals surface area (Å²) in [4.78, 5) is 30.1. The van der Waals surface area contributed by atoms with Gasteiger partial charge >= 0.3 is 6.03 Å². The van der Waals surface area contributed by atoms with Crippen LogP contribution in [0, 0.1) is 11.6 Å². The molecule has 3 fully saturated rings. The highest BCUT2D eigenvalue weighted by molar-refractivity contribution is 7.89. The first-order valence-corrected chi connectivity index (χ1v) is 16.1. The molecule has 0 saturated carbocycles. The van der Waals surface area contributed by atoms with Crippen LogP contribution in [0.4, 0.5) is 25.0 Å². The van der Waals surface area contributed by atoms with Crippen LogP contribution in [0.2, 0.25) is 0 Å². The molecule has 0 radical (unpaired) electrons. The Bertz CT molecular complexity index is 1530. The summed E-state index contributed by atoms with van der Waals surface area (Å²) in [6.07, 6.45) is -0.0965. The van der Waals surface area contributed by atoms with E-state index in [1.165, 1.54) is 11.0 Å². The number of hydrogen-bond acceptors (Lipinski definition) is 8. The fourth-order valence-electron chi connectivity index (χ4n) is 6.32. The van der Waals surface area contributed by atoms with Crippen molar-refractivity contribution >= 4 is 33.3 Å². The van der Waals surface area contributed by atoms with E-state index in [1.807, 2.05) is 0 Å². The lowest BCUT2D eigenvalue weighted by Crippen LogP contribution is -2.60. The minimum Gasteiger partial charge on any atom is -0.492 e. The molecule has 4 aliphatic rings. The molecule has 4 aliphatic heterocycles. The van der Waals surface area contributed by atoms with Crippen LogP contribution in [0.1, 0.15) is 25.7 Å². The zero-order chi connectivity index (χ0) is 31.1. The predicted molar refractivity (Wildman–Crippen MR) is 155 cm³/mol. The number of carbonyl (C=O) groups is 2. The number of amides is 3. The van der Waals surface area contributed by atoms with Crippen molar-refractivity contribution in [3.8, 4) is 5.75 Å². The number of urea groups is 1. The van der Waals surface area contributed by atoms with E-state index in [2.05, 4.69) is 15.5 Å². The van der Waals surface area contributed by atoms with Gasteiger partial charge in [0.25, 0.3) is 0 Å². The van der Waals surface area contributed by atoms with Crippen molar-refractivity contribution in [1.29, 1.82) is 0 Å². The second-order valence-electron chi connectivity index (χ2n) is 11.6. The van der Waals surface area contributed by atoms with Gasteiger partial charge in [-0.3, -0.25) is 4.79 Å². The van der Waals surface area contributed by atoms with Crippen molar-refractivity contribution in [2.24, 2.45) is 0 Å². The molecule has 0 unspecified atom stereocenters. The number of fused-ring (bicyclic) bond motifs is 2. The molecule has 1 spiro atoms. The Balaban J connectivity index is 1.24. The molecular formula is C29H35F2N5O7S. The molecule has 12 nitrogen and oxygen atoms in total. The number of piperidine rings is 1. The molecule has 3 saturated heterocycles. The standard InChI is InChI=1S/C29H35F2N5O7S/c30-19-1-3-23(22(31)15-19)32-28(39)35-8-5-29(6-9-35)7-12-43-25-16-20(34-10-13-42-14-11-34)2-4-26(25)44(40,41)36-18-21(37)17-24(36)27(38)33-29/h1-4,15-16,21,24,37H,5-14,17-18H2,(H,32,39)(H,33,38)/t21-,24+/m1/s1. The van der Waals surface area contributed by atoms with Crippen LogP contribution >= 0.6 is 0 Å². The maximum atomic E-state index is 14.1. The van der Waals surface area contributed by atoms with Gasteiger partial charge in [0.15, 0.2) is 0 Å². The number of likely N-dealkylation sites (tertiary alicyclic amines) is 1. The van der Waals surface area contributed by atoms with Crippen molar-refractivity contribution in [1.82, 2.24) is 14.5 Å². The van der Waals surface area contributed by atoms with Crippen molar-refractivity contribution in [2.45, 2.75) is 48.3 Å². The first-order chi connectivity index (χ1) is 21.0. The van der Waals surface area contributed by atoms with Gasteiger partial charge in [0.05, 0.1) is 31.6 Å². The number of anilines is 2. The van der Waals surface area contributed by atoms with E-state index in [1.54, 1.807) is 12.1 Å². The van der Waals surface area contributed by atoms with Gasteiger partial charge in [0.2, 0.25) is 15.9 Å². The van der Waals surface area contributed by atoms with Crippen LogP contribution in [-0.2, 0) is 19.6 Å². The van der Waals surface area contributed by atoms with Crippen LogP contribution in [-0.4, -0.2) is 105 Å². The highest BCUT2D eigenvalue weighted by Crippen LogP contribution is 2.37. The molecule has 0 bridgehead atoms. The van der Waals surface area contributed by atoms with Gasteiger partial charge in [0.1, 0.15) is 28.3 Å². The number of morpholine rings is 1. The number of aliphatic hydroxyl groups excluding tert-OH is 1. The van der Waals surface area contributed by atoms with Gasteiger partial charge in [-0.15, -0.1) is 0 Å². The second-order valence-corrected chi connectivity index (χ2v) is 13.5. The van der Waals surface area contributed by atoms with E-state index < -0.39 is 51.3 Å². The first-order valence-electron chi connectivity index (χ1n) is 14.7. The smallest absolute Gasteiger partial charge is 0.321 e. The number of sulfonamides is 1. The largest absolute Gasteiger partial charge is 0.492 e. The first kappa shape index (κ1) is 30.5. The van der Waals surface area contributed by atoms with Gasteiger partial charge in [-0.25, -0.2) is 22.0 Å². The average molecular weight is 636 g/mol. The van der Waals surface area contributed by atoms with E-state index in [4.69, 9.17) is 9.47 Å². The zero-order valence-corrected chi connectivity index (χ0v) is 24.8. The van der Waals surface area contributed by atoms with E-state index in [-0.39, 0.29) is 49.0 Å². The summed E-state index contributed by atoms with van der Waals surface area (Å²) in [7, 11) is -4.22. The van der Waals surface area contributed by atoms with E-state index in [0.717, 1.165) is 22.1 Å². The van der Waals surface area contributed by atoms with Crippen LogP contribution in [0.15, 0.2) is 41.3 Å². The number of rotatable bonds is 2. The number of aliphatic hydroxyl groups is 1. The summed E-state index contributed by atoms with van der Waals surface area (Å²) in [5.41, 5.74) is -0.190.